The molecule has 0 aliphatic rings. The summed E-state index contributed by atoms with van der Waals surface area (Å²) < 4.78 is 27.1. The van der Waals surface area contributed by atoms with E-state index in [1.54, 1.807) is 31.2 Å². The molecule has 1 heterocycles. The van der Waals surface area contributed by atoms with Gasteiger partial charge in [-0.3, -0.25) is 4.57 Å². The number of phenols is 1. The van der Waals surface area contributed by atoms with Crippen molar-refractivity contribution in [1.29, 1.82) is 0 Å². The maximum atomic E-state index is 10.9. The first-order valence-corrected chi connectivity index (χ1v) is 10.8. The number of aryl methyl sites for hydroxylation is 1. The Bertz CT molecular complexity index is 1050. The fraction of sp³-hybridized carbons (Fsp3) is 0.250. The van der Waals surface area contributed by atoms with Crippen molar-refractivity contribution in [3.63, 3.8) is 0 Å². The topological polar surface area (TPSA) is 134 Å². The van der Waals surface area contributed by atoms with E-state index in [4.69, 9.17) is 23.7 Å². The van der Waals surface area contributed by atoms with Crippen LogP contribution in [0.5, 0.6) is 17.2 Å². The standard InChI is InChI=1S/C20H23N2O7P/c1-12-18(13-4-6-15(7-5-13)21-8-9-30(24,25)26)22-20(29-12)14-10-16(27-2)19(23)17(11-14)28-3/h4-7,10-11,21,23H,8-9H2,1-3H3,(H2,24,25,26). The highest BCUT2D eigenvalue weighted by Gasteiger charge is 2.18. The molecule has 0 aliphatic carbocycles. The van der Waals surface area contributed by atoms with Gasteiger partial charge in [-0.05, 0) is 31.2 Å². The van der Waals surface area contributed by atoms with Crippen LogP contribution in [0.2, 0.25) is 0 Å². The van der Waals surface area contributed by atoms with E-state index in [2.05, 4.69) is 10.3 Å². The minimum Gasteiger partial charge on any atom is -0.502 e. The van der Waals surface area contributed by atoms with E-state index in [9.17, 15) is 9.67 Å². The average molecular weight is 434 g/mol. The van der Waals surface area contributed by atoms with Crippen molar-refractivity contribution in [1.82, 2.24) is 4.98 Å². The molecule has 10 heteroatoms. The Labute approximate surface area is 173 Å². The number of hydrogen-bond donors (Lipinski definition) is 4. The lowest BCUT2D eigenvalue weighted by atomic mass is 10.1. The molecule has 0 unspecified atom stereocenters. The predicted octanol–water partition coefficient (Wildman–Crippen LogP) is 3.63. The lowest BCUT2D eigenvalue weighted by Gasteiger charge is -2.09. The van der Waals surface area contributed by atoms with Crippen LogP contribution in [0.1, 0.15) is 5.76 Å². The number of rotatable bonds is 8. The smallest absolute Gasteiger partial charge is 0.327 e. The van der Waals surface area contributed by atoms with E-state index in [0.29, 0.717) is 22.9 Å². The molecule has 0 bridgehead atoms. The molecule has 0 aliphatic heterocycles. The zero-order valence-electron chi connectivity index (χ0n) is 16.7. The summed E-state index contributed by atoms with van der Waals surface area (Å²) in [5.41, 5.74) is 2.80. The van der Waals surface area contributed by atoms with E-state index in [0.717, 1.165) is 11.3 Å². The Kier molecular flexibility index (Phi) is 6.36. The Hall–Kier alpha value is -3.00. The van der Waals surface area contributed by atoms with E-state index < -0.39 is 7.60 Å². The summed E-state index contributed by atoms with van der Waals surface area (Å²) in [7, 11) is -1.14. The molecule has 0 saturated heterocycles. The molecule has 0 amide bonds. The summed E-state index contributed by atoms with van der Waals surface area (Å²) in [6.45, 7) is 1.97. The molecule has 0 fully saturated rings. The molecular weight excluding hydrogens is 411 g/mol. The van der Waals surface area contributed by atoms with Gasteiger partial charge in [-0.2, -0.15) is 0 Å². The molecule has 0 saturated carbocycles. The molecular formula is C20H23N2O7P. The fourth-order valence-corrected chi connectivity index (χ4v) is 3.30. The number of methoxy groups -OCH3 is 2. The number of ether oxygens (including phenoxy) is 2. The second-order valence-corrected chi connectivity index (χ2v) is 8.32. The maximum absolute atomic E-state index is 10.9. The zero-order chi connectivity index (χ0) is 21.9. The summed E-state index contributed by atoms with van der Waals surface area (Å²) >= 11 is 0. The first kappa shape index (κ1) is 21.7. The molecule has 0 spiro atoms. The maximum Gasteiger partial charge on any atom is 0.327 e. The third kappa shape index (κ3) is 4.94. The lowest BCUT2D eigenvalue weighted by Crippen LogP contribution is -2.06. The van der Waals surface area contributed by atoms with Crippen molar-refractivity contribution in [2.24, 2.45) is 0 Å². The molecule has 2 aromatic carbocycles. The number of hydrogen-bond acceptors (Lipinski definition) is 7. The predicted molar refractivity (Wildman–Crippen MR) is 112 cm³/mol. The van der Waals surface area contributed by atoms with Crippen molar-refractivity contribution in [2.45, 2.75) is 6.92 Å². The van der Waals surface area contributed by atoms with Crippen molar-refractivity contribution in [3.05, 3.63) is 42.2 Å². The number of nitrogens with zero attached hydrogens (tertiary/aromatic N) is 1. The van der Waals surface area contributed by atoms with E-state index >= 15 is 0 Å². The van der Waals surface area contributed by atoms with E-state index in [1.807, 2.05) is 12.1 Å². The third-order valence-corrected chi connectivity index (χ3v) is 5.22. The Morgan fingerprint density at radius 1 is 1.07 bits per heavy atom. The summed E-state index contributed by atoms with van der Waals surface area (Å²) in [4.78, 5) is 22.4. The molecule has 9 nitrogen and oxygen atoms in total. The number of phenolic OH excluding ortho intramolecular Hbond substituents is 1. The minimum absolute atomic E-state index is 0.103. The van der Waals surface area contributed by atoms with Crippen molar-refractivity contribution >= 4 is 13.3 Å². The van der Waals surface area contributed by atoms with Gasteiger partial charge >= 0.3 is 7.60 Å². The number of anilines is 1. The first-order valence-electron chi connectivity index (χ1n) is 9.03. The lowest BCUT2D eigenvalue weighted by molar-refractivity contribution is 0.340. The molecule has 4 N–H and O–H groups in total. The quantitative estimate of drug-likeness (QED) is 0.392. The second-order valence-electron chi connectivity index (χ2n) is 6.55. The van der Waals surface area contributed by atoms with Crippen LogP contribution in [0.15, 0.2) is 40.8 Å². The molecule has 30 heavy (non-hydrogen) atoms. The van der Waals surface area contributed by atoms with Crippen molar-refractivity contribution in [3.8, 4) is 40.0 Å². The van der Waals surface area contributed by atoms with Crippen LogP contribution in [-0.4, -0.2) is 46.8 Å². The highest BCUT2D eigenvalue weighted by Crippen LogP contribution is 2.41. The summed E-state index contributed by atoms with van der Waals surface area (Å²) in [5, 5.41) is 13.0. The normalized spacial score (nSPS) is 11.4. The second kappa shape index (κ2) is 8.79. The van der Waals surface area contributed by atoms with Crippen LogP contribution in [-0.2, 0) is 4.57 Å². The number of aromatic hydroxyl groups is 1. The van der Waals surface area contributed by atoms with Gasteiger partial charge in [-0.15, -0.1) is 0 Å². The minimum atomic E-state index is -4.03. The van der Waals surface area contributed by atoms with Crippen LogP contribution in [0.25, 0.3) is 22.7 Å². The van der Waals surface area contributed by atoms with Gasteiger partial charge in [-0.1, -0.05) is 12.1 Å². The van der Waals surface area contributed by atoms with E-state index in [-0.39, 0.29) is 30.0 Å². The molecule has 0 radical (unpaired) electrons. The Morgan fingerprint density at radius 3 is 2.20 bits per heavy atom. The number of aromatic nitrogens is 1. The van der Waals surface area contributed by atoms with E-state index in [1.165, 1.54) is 14.2 Å². The number of nitrogens with one attached hydrogen (secondary N) is 1. The number of benzene rings is 2. The van der Waals surface area contributed by atoms with Crippen LogP contribution in [0.3, 0.4) is 0 Å². The van der Waals surface area contributed by atoms with Crippen LogP contribution < -0.4 is 14.8 Å². The van der Waals surface area contributed by atoms with Crippen molar-refractivity contribution < 1.29 is 33.3 Å². The van der Waals surface area contributed by atoms with Gasteiger partial charge in [0.2, 0.25) is 11.6 Å². The van der Waals surface area contributed by atoms with Gasteiger partial charge < -0.3 is 34.1 Å². The van der Waals surface area contributed by atoms with Crippen LogP contribution in [0, 0.1) is 6.92 Å². The zero-order valence-corrected chi connectivity index (χ0v) is 17.6. The average Bonchev–Trinajstić information content (AvgIpc) is 3.09. The Morgan fingerprint density at radius 2 is 1.67 bits per heavy atom. The summed E-state index contributed by atoms with van der Waals surface area (Å²) in [5.74, 6) is 1.34. The van der Waals surface area contributed by atoms with Gasteiger partial charge in [0.25, 0.3) is 0 Å². The van der Waals surface area contributed by atoms with Gasteiger partial charge in [-0.25, -0.2) is 4.98 Å². The van der Waals surface area contributed by atoms with Crippen LogP contribution >= 0.6 is 7.60 Å². The first-order chi connectivity index (χ1) is 14.2. The fourth-order valence-electron chi connectivity index (χ4n) is 2.90. The summed E-state index contributed by atoms with van der Waals surface area (Å²) in [6.07, 6.45) is -0.236. The largest absolute Gasteiger partial charge is 0.502 e. The van der Waals surface area contributed by atoms with Gasteiger partial charge in [0.1, 0.15) is 11.5 Å². The SMILES string of the molecule is COc1cc(-c2nc(-c3ccc(NCCP(=O)(O)O)cc3)c(C)o2)cc(OC)c1O. The summed E-state index contributed by atoms with van der Waals surface area (Å²) in [6, 6.07) is 10.5. The van der Waals surface area contributed by atoms with Gasteiger partial charge in [0.05, 0.1) is 20.4 Å². The third-order valence-electron chi connectivity index (χ3n) is 4.41. The number of oxazole rings is 1. The van der Waals surface area contributed by atoms with Crippen molar-refractivity contribution in [2.75, 3.05) is 32.2 Å². The van der Waals surface area contributed by atoms with Crippen LogP contribution in [0.4, 0.5) is 5.69 Å². The molecule has 3 rings (SSSR count). The van der Waals surface area contributed by atoms with Gasteiger partial charge in [0, 0.05) is 23.4 Å². The Balaban J connectivity index is 1.84. The highest BCUT2D eigenvalue weighted by atomic mass is 31.2. The van der Waals surface area contributed by atoms with Gasteiger partial charge in [0.15, 0.2) is 11.5 Å². The molecule has 3 aromatic rings. The highest BCUT2D eigenvalue weighted by molar-refractivity contribution is 7.51. The molecule has 0 atom stereocenters. The molecule has 1 aromatic heterocycles. The molecule has 160 valence electrons. The monoisotopic (exact) mass is 434 g/mol.